The van der Waals surface area contributed by atoms with Gasteiger partial charge in [-0.1, -0.05) is 35.4 Å². The average molecular weight is 557 g/mol. The molecule has 9 rings (SSSR count). The Morgan fingerprint density at radius 2 is 1.93 bits per heavy atom. The summed E-state index contributed by atoms with van der Waals surface area (Å²) >= 11 is 6.94. The fourth-order valence-corrected chi connectivity index (χ4v) is 7.32. The molecule has 4 aliphatic rings. The van der Waals surface area contributed by atoms with Crippen LogP contribution < -0.4 is 10.2 Å². The molecule has 3 saturated heterocycles. The second kappa shape index (κ2) is 8.52. The molecule has 1 saturated carbocycles. The molecule has 3 aromatic carbocycles. The van der Waals surface area contributed by atoms with E-state index in [1.807, 2.05) is 37.5 Å². The molecule has 3 unspecified atom stereocenters. The van der Waals surface area contributed by atoms with Crippen molar-refractivity contribution < 1.29 is 9.50 Å². The molecule has 0 radical (unpaired) electrons. The number of aromatic hydroxyl groups is 1. The van der Waals surface area contributed by atoms with E-state index in [0.29, 0.717) is 34.8 Å². The van der Waals surface area contributed by atoms with Gasteiger partial charge in [0.15, 0.2) is 11.6 Å². The summed E-state index contributed by atoms with van der Waals surface area (Å²) in [6, 6.07) is 12.1. The van der Waals surface area contributed by atoms with Gasteiger partial charge in [-0.3, -0.25) is 0 Å². The molecule has 7 nitrogen and oxygen atoms in total. The minimum atomic E-state index is -0.480. The second-order valence-corrected chi connectivity index (χ2v) is 12.4. The SMILES string of the molecule is Cc1ccc2cc(O)cc(-c3c(Cl)cc4c(nc(N5CC(N(C)C)C5)c5ncn(C6C7CNC6C7)c54)c3F)c2c1. The van der Waals surface area contributed by atoms with Crippen molar-refractivity contribution in [2.45, 2.75) is 31.5 Å². The number of likely N-dealkylation sites (N-methyl/N-ethyl adjacent to an activating group) is 1. The van der Waals surface area contributed by atoms with E-state index >= 15 is 4.39 Å². The second-order valence-electron chi connectivity index (χ2n) is 12.0. The summed E-state index contributed by atoms with van der Waals surface area (Å²) in [6.07, 6.45) is 3.06. The number of hydrogen-bond acceptors (Lipinski definition) is 6. The van der Waals surface area contributed by atoms with Crippen LogP contribution in [0.5, 0.6) is 5.75 Å². The molecular formula is C31H30ClFN6O. The van der Waals surface area contributed by atoms with Crippen LogP contribution in [0.1, 0.15) is 18.0 Å². The molecule has 3 aliphatic heterocycles. The monoisotopic (exact) mass is 556 g/mol. The van der Waals surface area contributed by atoms with Gasteiger partial charge in [0.1, 0.15) is 16.8 Å². The van der Waals surface area contributed by atoms with Crippen molar-refractivity contribution in [1.29, 1.82) is 0 Å². The maximum Gasteiger partial charge on any atom is 0.158 e. The first kappa shape index (κ1) is 24.3. The van der Waals surface area contributed by atoms with Crippen molar-refractivity contribution in [3.63, 3.8) is 0 Å². The number of benzene rings is 3. The average Bonchev–Trinajstić information content (AvgIpc) is 3.61. The predicted octanol–water partition coefficient (Wildman–Crippen LogP) is 5.49. The third-order valence-corrected chi connectivity index (χ3v) is 9.64. The van der Waals surface area contributed by atoms with Crippen LogP contribution in [-0.4, -0.2) is 70.4 Å². The Bertz CT molecular complexity index is 1850. The fraction of sp³-hybridized carbons (Fsp3) is 0.355. The lowest BCUT2D eigenvalue weighted by Gasteiger charge is -2.43. The van der Waals surface area contributed by atoms with Gasteiger partial charge in [-0.05, 0) is 67.9 Å². The summed E-state index contributed by atoms with van der Waals surface area (Å²) in [7, 11) is 4.16. The summed E-state index contributed by atoms with van der Waals surface area (Å²) in [5, 5.41) is 16.8. The Balaban J connectivity index is 1.40. The number of rotatable bonds is 4. The number of phenolic OH excluding ortho intramolecular Hbond substituents is 1. The third kappa shape index (κ3) is 3.36. The molecule has 204 valence electrons. The number of anilines is 1. The van der Waals surface area contributed by atoms with Crippen LogP contribution in [0.3, 0.4) is 0 Å². The van der Waals surface area contributed by atoms with Crippen LogP contribution in [-0.2, 0) is 0 Å². The molecule has 9 heteroatoms. The number of imidazole rings is 1. The topological polar surface area (TPSA) is 69.5 Å². The van der Waals surface area contributed by atoms with E-state index in [1.54, 1.807) is 12.1 Å². The van der Waals surface area contributed by atoms with Gasteiger partial charge in [-0.2, -0.15) is 0 Å². The zero-order valence-electron chi connectivity index (χ0n) is 22.6. The molecule has 2 aromatic heterocycles. The summed E-state index contributed by atoms with van der Waals surface area (Å²) in [5.74, 6) is 0.832. The Morgan fingerprint density at radius 3 is 2.65 bits per heavy atom. The Hall–Kier alpha value is -3.46. The van der Waals surface area contributed by atoms with Crippen LogP contribution in [0.2, 0.25) is 5.02 Å². The zero-order valence-corrected chi connectivity index (χ0v) is 23.4. The van der Waals surface area contributed by atoms with Gasteiger partial charge in [0.2, 0.25) is 0 Å². The zero-order chi connectivity index (χ0) is 27.4. The van der Waals surface area contributed by atoms with E-state index < -0.39 is 5.82 Å². The van der Waals surface area contributed by atoms with Gasteiger partial charge >= 0.3 is 0 Å². The number of nitrogens with zero attached hydrogens (tertiary/aromatic N) is 5. The van der Waals surface area contributed by atoms with Crippen molar-refractivity contribution in [2.75, 3.05) is 38.6 Å². The predicted molar refractivity (Wildman–Crippen MR) is 158 cm³/mol. The number of hydrogen-bond donors (Lipinski definition) is 2. The van der Waals surface area contributed by atoms with E-state index in [0.717, 1.165) is 53.4 Å². The number of pyridine rings is 1. The number of halogens is 2. The molecule has 5 heterocycles. The van der Waals surface area contributed by atoms with E-state index in [9.17, 15) is 5.11 Å². The van der Waals surface area contributed by atoms with E-state index in [4.69, 9.17) is 21.6 Å². The quantitative estimate of drug-likeness (QED) is 0.305. The number of aryl methyl sites for hydroxylation is 1. The van der Waals surface area contributed by atoms with Crippen molar-refractivity contribution in [3.05, 3.63) is 59.1 Å². The van der Waals surface area contributed by atoms with Crippen molar-refractivity contribution in [3.8, 4) is 16.9 Å². The normalized spacial score (nSPS) is 22.6. The number of nitrogens with one attached hydrogen (secondary N) is 1. The first-order valence-corrected chi connectivity index (χ1v) is 14.2. The number of fused-ring (bicyclic) bond motifs is 5. The van der Waals surface area contributed by atoms with Gasteiger partial charge < -0.3 is 24.8 Å². The van der Waals surface area contributed by atoms with Gasteiger partial charge in [-0.15, -0.1) is 0 Å². The van der Waals surface area contributed by atoms with Gasteiger partial charge in [-0.25, -0.2) is 14.4 Å². The van der Waals surface area contributed by atoms with Crippen LogP contribution in [0.4, 0.5) is 10.2 Å². The van der Waals surface area contributed by atoms with E-state index in [1.165, 1.54) is 0 Å². The highest BCUT2D eigenvalue weighted by Gasteiger charge is 2.48. The van der Waals surface area contributed by atoms with Crippen molar-refractivity contribution in [2.24, 2.45) is 5.92 Å². The molecule has 0 amide bonds. The lowest BCUT2D eigenvalue weighted by Crippen LogP contribution is -2.57. The Kier molecular flexibility index (Phi) is 5.19. The summed E-state index contributed by atoms with van der Waals surface area (Å²) in [6.45, 7) is 4.60. The van der Waals surface area contributed by atoms with Gasteiger partial charge in [0.25, 0.3) is 0 Å². The third-order valence-electron chi connectivity index (χ3n) is 9.34. The summed E-state index contributed by atoms with van der Waals surface area (Å²) in [4.78, 5) is 14.2. The van der Waals surface area contributed by atoms with E-state index in [-0.39, 0.29) is 27.9 Å². The molecule has 3 atom stereocenters. The molecule has 5 aromatic rings. The lowest BCUT2D eigenvalue weighted by atomic mass is 9.80. The van der Waals surface area contributed by atoms with Crippen LogP contribution in [0.25, 0.3) is 43.8 Å². The maximum absolute atomic E-state index is 16.9. The van der Waals surface area contributed by atoms with Gasteiger partial charge in [0, 0.05) is 42.7 Å². The maximum atomic E-state index is 16.9. The molecule has 2 N–H and O–H groups in total. The number of aromatic nitrogens is 3. The van der Waals surface area contributed by atoms with Gasteiger partial charge in [0.05, 0.1) is 22.9 Å². The minimum Gasteiger partial charge on any atom is -0.508 e. The first-order valence-electron chi connectivity index (χ1n) is 13.8. The van der Waals surface area contributed by atoms with Crippen molar-refractivity contribution in [1.82, 2.24) is 24.8 Å². The summed E-state index contributed by atoms with van der Waals surface area (Å²) in [5.41, 5.74) is 3.81. The molecule has 1 aliphatic carbocycles. The minimum absolute atomic E-state index is 0.0624. The van der Waals surface area contributed by atoms with Crippen LogP contribution >= 0.6 is 11.6 Å². The highest BCUT2D eigenvalue weighted by atomic mass is 35.5. The smallest absolute Gasteiger partial charge is 0.158 e. The first-order chi connectivity index (χ1) is 19.3. The molecular weight excluding hydrogens is 527 g/mol. The Labute approximate surface area is 236 Å². The molecule has 2 bridgehead atoms. The fourth-order valence-electron chi connectivity index (χ4n) is 7.03. The highest BCUT2D eigenvalue weighted by molar-refractivity contribution is 6.35. The number of phenols is 1. The standard InChI is InChI=1S/C31H30ClFN6O/c1-15-4-5-16-7-19(40)9-21(20(16)6-15)25-23(32)10-22-27(26(25)33)36-31(38-12-18(13-38)37(2)3)28-30(22)39(14-35-28)29-17-8-24(29)34-11-17/h4-7,9-10,14,17-18,24,29,34,40H,8,11-13H2,1-3H3. The Morgan fingerprint density at radius 1 is 1.10 bits per heavy atom. The van der Waals surface area contributed by atoms with Crippen LogP contribution in [0.15, 0.2) is 42.7 Å². The molecule has 0 spiro atoms. The van der Waals surface area contributed by atoms with Crippen molar-refractivity contribution >= 4 is 50.1 Å². The van der Waals surface area contributed by atoms with E-state index in [2.05, 4.69) is 33.8 Å². The molecule has 4 fully saturated rings. The highest BCUT2D eigenvalue weighted by Crippen LogP contribution is 2.48. The molecule has 40 heavy (non-hydrogen) atoms. The van der Waals surface area contributed by atoms with Crippen LogP contribution in [0, 0.1) is 18.7 Å². The lowest BCUT2D eigenvalue weighted by molar-refractivity contribution is 0.225. The summed E-state index contributed by atoms with van der Waals surface area (Å²) < 4.78 is 19.1. The largest absolute Gasteiger partial charge is 0.508 e.